The van der Waals surface area contributed by atoms with Gasteiger partial charge in [0.05, 0.1) is 31.7 Å². The number of fused-ring (bicyclic) bond motifs is 2. The van der Waals surface area contributed by atoms with Gasteiger partial charge in [0.2, 0.25) is 0 Å². The third-order valence-corrected chi connectivity index (χ3v) is 7.57. The second-order valence-electron chi connectivity index (χ2n) is 7.73. The van der Waals surface area contributed by atoms with E-state index >= 15 is 0 Å². The molecule has 0 unspecified atom stereocenters. The molecule has 0 fully saturated rings. The number of benzene rings is 3. The van der Waals surface area contributed by atoms with Gasteiger partial charge >= 0.3 is 0 Å². The fraction of sp³-hybridized carbons (Fsp3) is 0. The third-order valence-electron chi connectivity index (χ3n) is 5.56. The predicted octanol–water partition coefficient (Wildman–Crippen LogP) is 8.15. The smallest absolute Gasteiger partial charge is 0.258 e. The molecule has 0 radical (unpaired) electrons. The molecule has 4 nitrogen and oxygen atoms in total. The molecule has 3 heterocycles. The van der Waals surface area contributed by atoms with Gasteiger partial charge in [-0.05, 0) is 41.1 Å². The molecule has 164 valence electrons. The average Bonchev–Trinajstić information content (AvgIpc) is 3.52. The van der Waals surface area contributed by atoms with Crippen LogP contribution in [0, 0.1) is 0 Å². The number of thiazole rings is 1. The number of pyridine rings is 1. The summed E-state index contributed by atoms with van der Waals surface area (Å²) < 4.78 is 0.681. The highest BCUT2D eigenvalue weighted by Crippen LogP contribution is 2.33. The predicted molar refractivity (Wildman–Crippen MR) is 143 cm³/mol. The summed E-state index contributed by atoms with van der Waals surface area (Å²) in [7, 11) is 0. The van der Waals surface area contributed by atoms with Crippen LogP contribution in [-0.4, -0.2) is 15.9 Å². The summed E-state index contributed by atoms with van der Waals surface area (Å²) in [6, 6.07) is 27.7. The number of aromatic nitrogens is 2. The standard InChI is InChI=1S/C27H16ClN3OS2/c28-25-12-11-24(34-25)22-14-20(19-7-3-4-8-21(19)29-22)26(32)31-27-30-23(15-33-27)18-10-9-16-5-1-2-6-17(16)13-18/h1-15H,(H,30,31,32). The van der Waals surface area contributed by atoms with Gasteiger partial charge in [-0.2, -0.15) is 0 Å². The summed E-state index contributed by atoms with van der Waals surface area (Å²) in [5.74, 6) is -0.220. The highest BCUT2D eigenvalue weighted by molar-refractivity contribution is 7.19. The van der Waals surface area contributed by atoms with E-state index in [1.54, 1.807) is 0 Å². The molecule has 6 rings (SSSR count). The van der Waals surface area contributed by atoms with Crippen molar-refractivity contribution in [3.8, 4) is 21.8 Å². The van der Waals surface area contributed by atoms with Crippen LogP contribution in [0.3, 0.4) is 0 Å². The zero-order chi connectivity index (χ0) is 23.1. The molecule has 3 aromatic carbocycles. The second kappa shape index (κ2) is 8.65. The second-order valence-corrected chi connectivity index (χ2v) is 10.3. The molecule has 0 bridgehead atoms. The number of amides is 1. The molecule has 34 heavy (non-hydrogen) atoms. The molecule has 0 saturated carbocycles. The molecule has 1 N–H and O–H groups in total. The minimum atomic E-state index is -0.220. The zero-order valence-corrected chi connectivity index (χ0v) is 20.0. The molecular formula is C27H16ClN3OS2. The number of thiophene rings is 1. The molecule has 0 aliphatic rings. The van der Waals surface area contributed by atoms with Crippen molar-refractivity contribution in [1.29, 1.82) is 0 Å². The van der Waals surface area contributed by atoms with Crippen LogP contribution >= 0.6 is 34.3 Å². The Morgan fingerprint density at radius 2 is 1.65 bits per heavy atom. The Bertz CT molecular complexity index is 1690. The molecule has 0 atom stereocenters. The topological polar surface area (TPSA) is 54.9 Å². The summed E-state index contributed by atoms with van der Waals surface area (Å²) in [5, 5.41) is 8.62. The van der Waals surface area contributed by atoms with Crippen molar-refractivity contribution < 1.29 is 4.79 Å². The van der Waals surface area contributed by atoms with Crippen molar-refractivity contribution >= 4 is 67.0 Å². The van der Waals surface area contributed by atoms with Crippen LogP contribution in [0.2, 0.25) is 4.34 Å². The number of hydrogen-bond acceptors (Lipinski definition) is 5. The Labute approximate surface area is 208 Å². The fourth-order valence-electron chi connectivity index (χ4n) is 3.92. The van der Waals surface area contributed by atoms with Gasteiger partial charge in [-0.15, -0.1) is 22.7 Å². The number of halogens is 1. The summed E-state index contributed by atoms with van der Waals surface area (Å²) in [6.45, 7) is 0. The van der Waals surface area contributed by atoms with E-state index in [2.05, 4.69) is 40.6 Å². The maximum absolute atomic E-state index is 13.3. The first kappa shape index (κ1) is 21.0. The molecular weight excluding hydrogens is 482 g/mol. The van der Waals surface area contributed by atoms with Gasteiger partial charge in [0.1, 0.15) is 0 Å². The Kier molecular flexibility index (Phi) is 5.34. The van der Waals surface area contributed by atoms with Crippen molar-refractivity contribution in [1.82, 2.24) is 9.97 Å². The van der Waals surface area contributed by atoms with Gasteiger partial charge in [0.15, 0.2) is 5.13 Å². The van der Waals surface area contributed by atoms with Crippen LogP contribution in [0.4, 0.5) is 5.13 Å². The highest BCUT2D eigenvalue weighted by Gasteiger charge is 2.16. The molecule has 1 amide bonds. The van der Waals surface area contributed by atoms with Crippen molar-refractivity contribution in [3.05, 3.63) is 100 Å². The first-order valence-corrected chi connectivity index (χ1v) is 12.6. The lowest BCUT2D eigenvalue weighted by Crippen LogP contribution is -2.13. The summed E-state index contributed by atoms with van der Waals surface area (Å²) in [6.07, 6.45) is 0. The van der Waals surface area contributed by atoms with Crippen LogP contribution in [0.5, 0.6) is 0 Å². The number of carbonyl (C=O) groups is 1. The molecule has 0 saturated heterocycles. The molecule has 6 aromatic rings. The van der Waals surface area contributed by atoms with Crippen molar-refractivity contribution in [2.45, 2.75) is 0 Å². The van der Waals surface area contributed by atoms with Gasteiger partial charge < -0.3 is 0 Å². The highest BCUT2D eigenvalue weighted by atomic mass is 35.5. The Balaban J connectivity index is 1.33. The van der Waals surface area contributed by atoms with Gasteiger partial charge in [-0.25, -0.2) is 9.97 Å². The Hall–Kier alpha value is -3.58. The van der Waals surface area contributed by atoms with E-state index in [0.29, 0.717) is 15.0 Å². The summed E-state index contributed by atoms with van der Waals surface area (Å²) in [4.78, 5) is 23.7. The first-order valence-electron chi connectivity index (χ1n) is 10.6. The Morgan fingerprint density at radius 1 is 0.824 bits per heavy atom. The number of hydrogen-bond donors (Lipinski definition) is 1. The number of para-hydroxylation sites is 1. The largest absolute Gasteiger partial charge is 0.298 e. The van der Waals surface area contributed by atoms with E-state index in [1.807, 2.05) is 60.0 Å². The quantitative estimate of drug-likeness (QED) is 0.267. The molecule has 0 aliphatic heterocycles. The third kappa shape index (κ3) is 3.96. The van der Waals surface area contributed by atoms with Gasteiger partial charge in [-0.1, -0.05) is 66.2 Å². The van der Waals surface area contributed by atoms with E-state index in [1.165, 1.54) is 28.1 Å². The number of nitrogens with zero attached hydrogens (tertiary/aromatic N) is 2. The fourth-order valence-corrected chi connectivity index (χ4v) is 5.64. The Morgan fingerprint density at radius 3 is 2.50 bits per heavy atom. The maximum atomic E-state index is 13.3. The monoisotopic (exact) mass is 497 g/mol. The van der Waals surface area contributed by atoms with E-state index in [4.69, 9.17) is 16.6 Å². The number of nitrogens with one attached hydrogen (secondary N) is 1. The lowest BCUT2D eigenvalue weighted by atomic mass is 10.1. The average molecular weight is 498 g/mol. The van der Waals surface area contributed by atoms with Crippen LogP contribution in [0.1, 0.15) is 10.4 Å². The number of anilines is 1. The maximum Gasteiger partial charge on any atom is 0.258 e. The van der Waals surface area contributed by atoms with E-state index in [9.17, 15) is 4.79 Å². The van der Waals surface area contributed by atoms with Crippen molar-refractivity contribution in [3.63, 3.8) is 0 Å². The molecule has 3 aromatic heterocycles. The lowest BCUT2D eigenvalue weighted by Gasteiger charge is -2.08. The molecule has 0 aliphatic carbocycles. The van der Waals surface area contributed by atoms with Crippen LogP contribution in [0.15, 0.2) is 90.3 Å². The van der Waals surface area contributed by atoms with Crippen LogP contribution < -0.4 is 5.32 Å². The lowest BCUT2D eigenvalue weighted by molar-refractivity contribution is 0.102. The van der Waals surface area contributed by atoms with Crippen LogP contribution in [-0.2, 0) is 0 Å². The van der Waals surface area contributed by atoms with Gasteiger partial charge in [0.25, 0.3) is 5.91 Å². The minimum Gasteiger partial charge on any atom is -0.298 e. The van der Waals surface area contributed by atoms with E-state index in [-0.39, 0.29) is 5.91 Å². The van der Waals surface area contributed by atoms with Crippen LogP contribution in [0.25, 0.3) is 43.5 Å². The van der Waals surface area contributed by atoms with Gasteiger partial charge in [-0.3, -0.25) is 10.1 Å². The molecule has 0 spiro atoms. The number of rotatable bonds is 4. The van der Waals surface area contributed by atoms with E-state index in [0.717, 1.165) is 38.1 Å². The summed E-state index contributed by atoms with van der Waals surface area (Å²) in [5.41, 5.74) is 3.87. The van der Waals surface area contributed by atoms with Crippen molar-refractivity contribution in [2.75, 3.05) is 5.32 Å². The normalized spacial score (nSPS) is 11.2. The first-order chi connectivity index (χ1) is 16.6. The SMILES string of the molecule is O=C(Nc1nc(-c2ccc3ccccc3c2)cs1)c1cc(-c2ccc(Cl)s2)nc2ccccc12. The summed E-state index contributed by atoms with van der Waals surface area (Å²) >= 11 is 8.97. The van der Waals surface area contributed by atoms with E-state index < -0.39 is 0 Å². The van der Waals surface area contributed by atoms with Gasteiger partial charge in [0, 0.05) is 16.3 Å². The molecule has 7 heteroatoms. The zero-order valence-electron chi connectivity index (χ0n) is 17.7. The van der Waals surface area contributed by atoms with Crippen molar-refractivity contribution in [2.24, 2.45) is 0 Å². The minimum absolute atomic E-state index is 0.220. The number of carbonyl (C=O) groups excluding carboxylic acids is 1.